The van der Waals surface area contributed by atoms with E-state index in [9.17, 15) is 4.20 Å². The van der Waals surface area contributed by atoms with E-state index in [0.29, 0.717) is 0 Å². The molecule has 0 radical (unpaired) electrons. The van der Waals surface area contributed by atoms with Gasteiger partial charge in [-0.3, -0.25) is 0 Å². The van der Waals surface area contributed by atoms with Gasteiger partial charge < -0.3 is 4.52 Å². The highest BCUT2D eigenvalue weighted by molar-refractivity contribution is 8.08. The molecule has 2 nitrogen and oxygen atoms in total. The van der Waals surface area contributed by atoms with Crippen molar-refractivity contribution in [3.05, 3.63) is 0 Å². The summed E-state index contributed by atoms with van der Waals surface area (Å²) in [6, 6.07) is 1.83. The lowest BCUT2D eigenvalue weighted by atomic mass is 10.5. The number of rotatable bonds is 3. The Kier molecular flexibility index (Phi) is 5.54. The van der Waals surface area contributed by atoms with Crippen molar-refractivity contribution in [3.8, 4) is 6.07 Å². The molecule has 0 aromatic rings. The Bertz CT molecular complexity index is 91.8. The summed E-state index contributed by atoms with van der Waals surface area (Å²) >= 11 is 0. The third-order valence-corrected chi connectivity index (χ3v) is 1.30. The Hall–Kier alpha value is 0.240. The lowest BCUT2D eigenvalue weighted by molar-refractivity contribution is 0.352. The van der Waals surface area contributed by atoms with Gasteiger partial charge in [0.25, 0.3) is 0 Å². The van der Waals surface area contributed by atoms with Crippen LogP contribution in [0.5, 0.6) is 0 Å². The van der Waals surface area contributed by atoms with Crippen molar-refractivity contribution >= 4 is 17.1 Å². The molecule has 0 N–H and O–H groups in total. The summed E-state index contributed by atoms with van der Waals surface area (Å²) in [6.07, 6.45) is 0.261. The van der Waals surface area contributed by atoms with Crippen molar-refractivity contribution < 1.29 is 8.72 Å². The summed E-state index contributed by atoms with van der Waals surface area (Å²) in [6.45, 7) is 0.197. The van der Waals surface area contributed by atoms with Crippen molar-refractivity contribution in [2.45, 2.75) is 6.42 Å². The van der Waals surface area contributed by atoms with Crippen LogP contribution in [0.4, 0.5) is 4.20 Å². The second-order valence-corrected chi connectivity index (χ2v) is 3.03. The number of hydrogen-bond donors (Lipinski definition) is 0. The molecule has 0 aliphatic heterocycles. The Morgan fingerprint density at radius 3 is 2.88 bits per heavy atom. The minimum absolute atomic E-state index is 0.197. The number of nitriles is 1. The van der Waals surface area contributed by atoms with E-state index in [1.54, 1.807) is 0 Å². The molecule has 0 saturated carbocycles. The lowest BCUT2D eigenvalue weighted by Gasteiger charge is -1.96. The summed E-state index contributed by atoms with van der Waals surface area (Å²) in [4.78, 5) is 0. The number of nitrogens with zero attached hydrogens (tertiary/aromatic N) is 1. The van der Waals surface area contributed by atoms with Gasteiger partial charge in [-0.2, -0.15) is 9.46 Å². The zero-order valence-electron chi connectivity index (χ0n) is 4.17. The van der Waals surface area contributed by atoms with Gasteiger partial charge in [-0.1, -0.05) is 0 Å². The Labute approximate surface area is 51.1 Å². The van der Waals surface area contributed by atoms with E-state index in [0.717, 1.165) is 0 Å². The van der Waals surface area contributed by atoms with Gasteiger partial charge in [-0.25, -0.2) is 0 Å². The van der Waals surface area contributed by atoms with Gasteiger partial charge in [0.15, 0.2) is 0 Å². The van der Waals surface area contributed by atoms with Crippen LogP contribution in [0, 0.1) is 11.3 Å². The van der Waals surface area contributed by atoms with Crippen LogP contribution in [0.3, 0.4) is 0 Å². The average molecular weight is 153 g/mol. The predicted octanol–water partition coefficient (Wildman–Crippen LogP) is 1.99. The average Bonchev–Trinajstić information content (AvgIpc) is 1.66. The molecule has 0 aliphatic rings. The number of halogens is 1. The third kappa shape index (κ3) is 6.24. The fraction of sp³-hybridized carbons (Fsp3) is 0.667. The lowest BCUT2D eigenvalue weighted by Crippen LogP contribution is -1.80. The minimum atomic E-state index is -1.85. The molecular formula is C3H6FNOP2. The van der Waals surface area contributed by atoms with Crippen LogP contribution in [0.2, 0.25) is 0 Å². The summed E-state index contributed by atoms with van der Waals surface area (Å²) in [7, 11) is 0.0483. The van der Waals surface area contributed by atoms with Crippen molar-refractivity contribution in [1.82, 2.24) is 0 Å². The predicted molar refractivity (Wildman–Crippen MR) is 33.9 cm³/mol. The van der Waals surface area contributed by atoms with Crippen LogP contribution in [0.15, 0.2) is 0 Å². The van der Waals surface area contributed by atoms with Gasteiger partial charge in [0, 0.05) is 0 Å². The van der Waals surface area contributed by atoms with Crippen LogP contribution in [-0.4, -0.2) is 6.61 Å². The van der Waals surface area contributed by atoms with Crippen molar-refractivity contribution in [2.24, 2.45) is 0 Å². The highest BCUT2D eigenvalue weighted by Gasteiger charge is 1.95. The van der Waals surface area contributed by atoms with Gasteiger partial charge in [-0.15, -0.1) is 0 Å². The minimum Gasteiger partial charge on any atom is -0.327 e. The van der Waals surface area contributed by atoms with Gasteiger partial charge in [-0.05, 0) is 8.93 Å². The molecule has 8 heavy (non-hydrogen) atoms. The second-order valence-electron chi connectivity index (χ2n) is 1.01. The van der Waals surface area contributed by atoms with E-state index in [4.69, 9.17) is 5.26 Å². The van der Waals surface area contributed by atoms with E-state index >= 15 is 0 Å². The summed E-state index contributed by atoms with van der Waals surface area (Å²) in [5.74, 6) is 0. The first kappa shape index (κ1) is 8.24. The quantitative estimate of drug-likeness (QED) is 0.458. The molecule has 0 heterocycles. The zero-order valence-corrected chi connectivity index (χ0v) is 6.22. The van der Waals surface area contributed by atoms with Gasteiger partial charge in [0.05, 0.1) is 19.1 Å². The number of hydrogen-bond acceptors (Lipinski definition) is 2. The topological polar surface area (TPSA) is 33.0 Å². The first-order valence-electron chi connectivity index (χ1n) is 1.98. The molecule has 0 spiro atoms. The van der Waals surface area contributed by atoms with Gasteiger partial charge in [0.2, 0.25) is 8.15 Å². The molecule has 0 amide bonds. The maximum atomic E-state index is 11.7. The van der Waals surface area contributed by atoms with Crippen molar-refractivity contribution in [2.75, 3.05) is 6.61 Å². The smallest absolute Gasteiger partial charge is 0.236 e. The van der Waals surface area contributed by atoms with E-state index in [-0.39, 0.29) is 13.0 Å². The standard InChI is InChI=1S/C3H6FNOP2/c4-8(7)6-3-1-2-5/h1,3,7H2. The molecule has 46 valence electrons. The normalized spacial score (nSPS) is 12.6. The largest absolute Gasteiger partial charge is 0.327 e. The molecule has 0 rings (SSSR count). The first-order valence-corrected chi connectivity index (χ1v) is 4.74. The fourth-order valence-electron chi connectivity index (χ4n) is 0.178. The first-order chi connectivity index (χ1) is 3.77. The maximum absolute atomic E-state index is 11.7. The van der Waals surface area contributed by atoms with Crippen LogP contribution >= 0.6 is 17.1 Å². The summed E-state index contributed by atoms with van der Waals surface area (Å²) in [5, 5.41) is 7.93. The second kappa shape index (κ2) is 5.38. The van der Waals surface area contributed by atoms with E-state index in [1.165, 1.54) is 0 Å². The Morgan fingerprint density at radius 2 is 2.50 bits per heavy atom. The van der Waals surface area contributed by atoms with E-state index in [2.05, 4.69) is 4.52 Å². The Morgan fingerprint density at radius 1 is 1.88 bits per heavy atom. The van der Waals surface area contributed by atoms with Crippen molar-refractivity contribution in [3.63, 3.8) is 0 Å². The molecule has 0 fully saturated rings. The molecular weight excluding hydrogens is 147 g/mol. The van der Waals surface area contributed by atoms with Crippen molar-refractivity contribution in [1.29, 1.82) is 5.26 Å². The molecule has 0 aromatic carbocycles. The monoisotopic (exact) mass is 153 g/mol. The Balaban J connectivity index is 2.85. The molecule has 0 aromatic heterocycles. The highest BCUT2D eigenvalue weighted by Crippen LogP contribution is 2.46. The summed E-state index contributed by atoms with van der Waals surface area (Å²) < 4.78 is 16.1. The fourth-order valence-corrected chi connectivity index (χ4v) is 0.760. The van der Waals surface area contributed by atoms with Crippen LogP contribution in [0.1, 0.15) is 6.42 Å². The van der Waals surface area contributed by atoms with E-state index < -0.39 is 8.15 Å². The molecule has 2 unspecified atom stereocenters. The maximum Gasteiger partial charge on any atom is 0.236 e. The molecule has 0 bridgehead atoms. The van der Waals surface area contributed by atoms with Gasteiger partial charge >= 0.3 is 0 Å². The van der Waals surface area contributed by atoms with Crippen LogP contribution < -0.4 is 0 Å². The molecule has 5 heteroatoms. The molecule has 0 saturated heterocycles. The van der Waals surface area contributed by atoms with E-state index in [1.807, 2.05) is 15.0 Å². The van der Waals surface area contributed by atoms with Crippen LogP contribution in [0.25, 0.3) is 0 Å². The third-order valence-electron chi connectivity index (χ3n) is 0.428. The highest BCUT2D eigenvalue weighted by atomic mass is 32.0. The molecule has 0 aliphatic carbocycles. The molecule has 2 atom stereocenters. The zero-order chi connectivity index (χ0) is 6.41. The van der Waals surface area contributed by atoms with Gasteiger partial charge in [0.1, 0.15) is 0 Å². The van der Waals surface area contributed by atoms with Crippen LogP contribution in [-0.2, 0) is 4.52 Å². The SMILES string of the molecule is N#CCCOP(F)P. The summed E-state index contributed by atoms with van der Waals surface area (Å²) in [5.41, 5.74) is 0.